The molecule has 2 amide bonds. The van der Waals surface area contributed by atoms with Crippen LogP contribution in [0.25, 0.3) is 0 Å². The fraction of sp³-hybridized carbons (Fsp3) is 0.706. The van der Waals surface area contributed by atoms with Gasteiger partial charge in [0.05, 0.1) is 16.2 Å². The van der Waals surface area contributed by atoms with Crippen LogP contribution in [0.3, 0.4) is 0 Å². The molecule has 3 N–H and O–H groups in total. The quantitative estimate of drug-likeness (QED) is 0.120. The summed E-state index contributed by atoms with van der Waals surface area (Å²) in [6.07, 6.45) is 17.2. The molecule has 0 bridgehead atoms. The Morgan fingerprint density at radius 1 is 1.00 bits per heavy atom. The van der Waals surface area contributed by atoms with Crippen molar-refractivity contribution in [1.82, 2.24) is 10.2 Å². The lowest BCUT2D eigenvalue weighted by Crippen LogP contribution is -2.56. The van der Waals surface area contributed by atoms with Crippen LogP contribution in [0.4, 0.5) is 0 Å². The molecule has 3 atom stereocenters. The zero-order valence-corrected chi connectivity index (χ0v) is 27.7. The average molecular weight is 697 g/mol. The lowest BCUT2D eigenvalue weighted by atomic mass is 9.85. The molecule has 0 radical (unpaired) electrons. The summed E-state index contributed by atoms with van der Waals surface area (Å²) in [5, 5.41) is 23.7. The van der Waals surface area contributed by atoms with Gasteiger partial charge in [-0.3, -0.25) is 9.59 Å². The van der Waals surface area contributed by atoms with Crippen LogP contribution in [0.1, 0.15) is 110 Å². The van der Waals surface area contributed by atoms with Crippen molar-refractivity contribution < 1.29 is 24.5 Å². The zero-order chi connectivity index (χ0) is 30.2. The second kappa shape index (κ2) is 19.6. The van der Waals surface area contributed by atoms with E-state index in [9.17, 15) is 19.8 Å². The lowest BCUT2D eigenvalue weighted by molar-refractivity contribution is -0.140. The summed E-state index contributed by atoms with van der Waals surface area (Å²) in [6.45, 7) is 2.84. The second-order valence-electron chi connectivity index (χ2n) is 12.1. The highest BCUT2D eigenvalue weighted by Gasteiger charge is 2.41. The Kier molecular flexibility index (Phi) is 16.2. The number of aliphatic hydroxyl groups excluding tert-OH is 2. The van der Waals surface area contributed by atoms with Crippen LogP contribution >= 0.6 is 22.6 Å². The number of carbonyl (C=O) groups is 2. The van der Waals surface area contributed by atoms with Gasteiger partial charge in [-0.1, -0.05) is 89.7 Å². The Morgan fingerprint density at radius 2 is 1.67 bits per heavy atom. The number of ether oxygens (including phenoxy) is 1. The van der Waals surface area contributed by atoms with E-state index >= 15 is 0 Å². The summed E-state index contributed by atoms with van der Waals surface area (Å²) < 4.78 is 7.20. The number of carbonyl (C=O) groups excluding carboxylic acids is 2. The molecule has 2 aliphatic rings. The fourth-order valence-corrected chi connectivity index (χ4v) is 6.78. The van der Waals surface area contributed by atoms with Crippen molar-refractivity contribution in [3.8, 4) is 5.75 Å². The molecule has 236 valence electrons. The number of rotatable bonds is 18. The van der Waals surface area contributed by atoms with Gasteiger partial charge in [-0.15, -0.1) is 0 Å². The van der Waals surface area contributed by atoms with Crippen LogP contribution < -0.4 is 10.1 Å². The van der Waals surface area contributed by atoms with Gasteiger partial charge < -0.3 is 25.2 Å². The van der Waals surface area contributed by atoms with Gasteiger partial charge in [-0.2, -0.15) is 0 Å². The van der Waals surface area contributed by atoms with Gasteiger partial charge in [0, 0.05) is 31.5 Å². The highest BCUT2D eigenvalue weighted by atomic mass is 127. The van der Waals surface area contributed by atoms with E-state index in [0.29, 0.717) is 30.2 Å². The number of amides is 2. The first kappa shape index (κ1) is 34.8. The van der Waals surface area contributed by atoms with Crippen molar-refractivity contribution in [3.63, 3.8) is 0 Å². The molecule has 7 nitrogen and oxygen atoms in total. The van der Waals surface area contributed by atoms with Crippen molar-refractivity contribution in [2.75, 3.05) is 19.7 Å². The molecule has 0 spiro atoms. The number of para-hydroxylation sites is 1. The highest BCUT2D eigenvalue weighted by molar-refractivity contribution is 14.1. The monoisotopic (exact) mass is 696 g/mol. The zero-order valence-electron chi connectivity index (χ0n) is 25.6. The van der Waals surface area contributed by atoms with Crippen LogP contribution in [0.15, 0.2) is 35.9 Å². The summed E-state index contributed by atoms with van der Waals surface area (Å²) in [5.74, 6) is 0.818. The standard InChI is InChI=1S/C34H53IN2O5/c1-2-3-4-5-6-7-8-9-13-20-32(39)37(25-26-16-11-10-12-17-26)29-23-27(34(41)36-21-22-38)24-31(33(29)40)42-30-19-15-14-18-28(30)35/h14-15,18-19,24,26,29,31,33,38,40H,2-13,16-17,20-23,25H2,1H3,(H,36,41)/t29-,31+,33+/m1/s1. The SMILES string of the molecule is CCCCCCCCCCCC(=O)N(CC1CCCCC1)[C@@H]1CC(C(=O)NCCO)=C[C@H](Oc2ccccc2I)[C@H]1O. The van der Waals surface area contributed by atoms with E-state index in [1.165, 1.54) is 57.8 Å². The first-order valence-corrected chi connectivity index (χ1v) is 17.5. The molecule has 1 aromatic rings. The van der Waals surface area contributed by atoms with E-state index in [1.54, 1.807) is 6.08 Å². The van der Waals surface area contributed by atoms with Crippen LogP contribution in [0.5, 0.6) is 5.75 Å². The molecule has 3 rings (SSSR count). The summed E-state index contributed by atoms with van der Waals surface area (Å²) in [5.41, 5.74) is 0.485. The number of hydrogen-bond acceptors (Lipinski definition) is 5. The number of nitrogens with zero attached hydrogens (tertiary/aromatic N) is 1. The summed E-state index contributed by atoms with van der Waals surface area (Å²) in [7, 11) is 0. The molecule has 42 heavy (non-hydrogen) atoms. The molecular formula is C34H53IN2O5. The predicted octanol–water partition coefficient (Wildman–Crippen LogP) is 6.54. The minimum absolute atomic E-state index is 0.0672. The van der Waals surface area contributed by atoms with Crippen molar-refractivity contribution in [1.29, 1.82) is 0 Å². The van der Waals surface area contributed by atoms with Gasteiger partial charge in [0.15, 0.2) is 0 Å². The average Bonchev–Trinajstić information content (AvgIpc) is 3.00. The summed E-state index contributed by atoms with van der Waals surface area (Å²) >= 11 is 2.20. The molecule has 0 unspecified atom stereocenters. The molecule has 0 aromatic heterocycles. The maximum absolute atomic E-state index is 13.9. The van der Waals surface area contributed by atoms with Gasteiger partial charge >= 0.3 is 0 Å². The topological polar surface area (TPSA) is 99.1 Å². The van der Waals surface area contributed by atoms with E-state index in [0.717, 1.165) is 35.7 Å². The Morgan fingerprint density at radius 3 is 2.33 bits per heavy atom. The first-order chi connectivity index (χ1) is 20.4. The van der Waals surface area contributed by atoms with Gasteiger partial charge in [0.2, 0.25) is 11.8 Å². The van der Waals surface area contributed by atoms with Gasteiger partial charge in [0.1, 0.15) is 18.0 Å². The minimum Gasteiger partial charge on any atom is -0.482 e. The third-order valence-corrected chi connectivity index (χ3v) is 9.60. The molecule has 2 aliphatic carbocycles. The van der Waals surface area contributed by atoms with Crippen LogP contribution in [-0.2, 0) is 9.59 Å². The van der Waals surface area contributed by atoms with Crippen molar-refractivity contribution >= 4 is 34.4 Å². The van der Waals surface area contributed by atoms with E-state index < -0.39 is 18.2 Å². The van der Waals surface area contributed by atoms with E-state index in [4.69, 9.17) is 4.74 Å². The van der Waals surface area contributed by atoms with E-state index in [1.807, 2.05) is 29.2 Å². The van der Waals surface area contributed by atoms with E-state index in [-0.39, 0.29) is 31.4 Å². The maximum atomic E-state index is 13.9. The third kappa shape index (κ3) is 11.5. The molecule has 1 aromatic carbocycles. The first-order valence-electron chi connectivity index (χ1n) is 16.4. The molecule has 1 fully saturated rings. The lowest BCUT2D eigenvalue weighted by Gasteiger charge is -2.42. The molecule has 0 saturated heterocycles. The highest BCUT2D eigenvalue weighted by Crippen LogP contribution is 2.32. The Labute approximate surface area is 267 Å². The maximum Gasteiger partial charge on any atom is 0.247 e. The Balaban J connectivity index is 1.73. The van der Waals surface area contributed by atoms with Gasteiger partial charge in [-0.25, -0.2) is 0 Å². The Bertz CT molecular complexity index is 980. The third-order valence-electron chi connectivity index (χ3n) is 8.71. The molecule has 0 aliphatic heterocycles. The van der Waals surface area contributed by atoms with Crippen LogP contribution in [0.2, 0.25) is 0 Å². The van der Waals surface area contributed by atoms with Crippen LogP contribution in [-0.4, -0.2) is 64.9 Å². The number of halogens is 1. The molecule has 8 heteroatoms. The second-order valence-corrected chi connectivity index (χ2v) is 13.2. The minimum atomic E-state index is -0.967. The van der Waals surface area contributed by atoms with Gasteiger partial charge in [0.25, 0.3) is 0 Å². The summed E-state index contributed by atoms with van der Waals surface area (Å²) in [6, 6.07) is 7.05. The predicted molar refractivity (Wildman–Crippen MR) is 176 cm³/mol. The number of nitrogens with one attached hydrogen (secondary N) is 1. The normalized spacial score (nSPS) is 21.0. The van der Waals surface area contributed by atoms with Crippen molar-refractivity contribution in [2.24, 2.45) is 5.92 Å². The fourth-order valence-electron chi connectivity index (χ4n) is 6.27. The number of hydrogen-bond donors (Lipinski definition) is 3. The smallest absolute Gasteiger partial charge is 0.247 e. The number of aliphatic hydroxyl groups is 2. The van der Waals surface area contributed by atoms with Crippen LogP contribution in [0, 0.1) is 9.49 Å². The number of benzene rings is 1. The molecule has 0 heterocycles. The van der Waals surface area contributed by atoms with Gasteiger partial charge in [-0.05, 0) is 66.0 Å². The molecular weight excluding hydrogens is 643 g/mol. The number of unbranched alkanes of at least 4 members (excludes halogenated alkanes) is 8. The summed E-state index contributed by atoms with van der Waals surface area (Å²) in [4.78, 5) is 28.8. The van der Waals surface area contributed by atoms with Crippen molar-refractivity contribution in [2.45, 2.75) is 128 Å². The Hall–Kier alpha value is -1.65. The largest absolute Gasteiger partial charge is 0.482 e. The molecule has 1 saturated carbocycles. The van der Waals surface area contributed by atoms with E-state index in [2.05, 4.69) is 34.8 Å². The van der Waals surface area contributed by atoms with Crippen molar-refractivity contribution in [3.05, 3.63) is 39.5 Å².